The van der Waals surface area contributed by atoms with E-state index in [2.05, 4.69) is 51.2 Å². The molecule has 0 unspecified atom stereocenters. The van der Waals surface area contributed by atoms with E-state index in [1.54, 1.807) is 38.5 Å². The van der Waals surface area contributed by atoms with Crippen molar-refractivity contribution < 1.29 is 28.5 Å². The van der Waals surface area contributed by atoms with Crippen molar-refractivity contribution in [2.24, 2.45) is 0 Å². The van der Waals surface area contributed by atoms with E-state index in [1.807, 2.05) is 78.9 Å². The Hall–Kier alpha value is -7.18. The molecule has 12 heteroatoms. The number of aryl methyl sites for hydroxylation is 3. The van der Waals surface area contributed by atoms with E-state index in [-0.39, 0.29) is 5.97 Å². The standard InChI is InChI=1S/C27H25BrN2O3.C26H23N3O3/c1-32-21-13-14-22(28)19(16-21)10-6-7-11-24-26(18-8-4-3-5-9-18)30-23-15-12-20(27(31)33-2)17-25(23)29-24;1-31-20-11-13-23-18(15-20)9-6-14-29(23)25-24(17-7-4-3-5-8-17)27-21-12-10-19(26(30)32-2)16-22(21)28-25/h3-5,8-9,12-17H,6-7,10-11H2,1-2H3;3-5,7-8,10-13,15-16H,6,9,14H2,1-2H3. The van der Waals surface area contributed by atoms with Crippen LogP contribution < -0.4 is 14.4 Å². The number of ether oxygens (including phenoxy) is 4. The molecule has 0 radical (unpaired) electrons. The average Bonchev–Trinajstić information content (AvgIpc) is 3.36. The second kappa shape index (κ2) is 20.5. The first-order chi connectivity index (χ1) is 31.8. The highest BCUT2D eigenvalue weighted by atomic mass is 79.9. The summed E-state index contributed by atoms with van der Waals surface area (Å²) in [6.45, 7) is 0.829. The third-order valence-corrected chi connectivity index (χ3v) is 12.1. The Bertz CT molecular complexity index is 2990. The molecule has 11 nitrogen and oxygen atoms in total. The highest BCUT2D eigenvalue weighted by Gasteiger charge is 2.25. The number of aromatic nitrogens is 4. The number of carbonyl (C=O) groups is 2. The highest BCUT2D eigenvalue weighted by Crippen LogP contribution is 2.39. The summed E-state index contributed by atoms with van der Waals surface area (Å²) >= 11 is 3.63. The molecule has 2 aromatic heterocycles. The van der Waals surface area contributed by atoms with Crippen molar-refractivity contribution in [3.05, 3.63) is 166 Å². The molecular weight excluding hydrogens is 883 g/mol. The monoisotopic (exact) mass is 929 g/mol. The first kappa shape index (κ1) is 44.4. The maximum atomic E-state index is 12.1. The van der Waals surface area contributed by atoms with Gasteiger partial charge in [-0.15, -0.1) is 0 Å². The molecule has 6 aromatic carbocycles. The number of methoxy groups -OCH3 is 4. The minimum Gasteiger partial charge on any atom is -0.497 e. The van der Waals surface area contributed by atoms with Crippen LogP contribution in [0, 0.1) is 0 Å². The lowest BCUT2D eigenvalue weighted by Crippen LogP contribution is -2.26. The Balaban J connectivity index is 0.000000177. The fourth-order valence-electron chi connectivity index (χ4n) is 8.00. The fraction of sp³-hybridized carbons (Fsp3) is 0.208. The van der Waals surface area contributed by atoms with Gasteiger partial charge in [-0.3, -0.25) is 0 Å². The average molecular weight is 931 g/mol. The van der Waals surface area contributed by atoms with Gasteiger partial charge < -0.3 is 23.8 Å². The summed E-state index contributed by atoms with van der Waals surface area (Å²) in [5, 5.41) is 0. The summed E-state index contributed by atoms with van der Waals surface area (Å²) in [5.41, 5.74) is 12.0. The largest absolute Gasteiger partial charge is 0.497 e. The Morgan fingerprint density at radius 3 is 1.78 bits per heavy atom. The van der Waals surface area contributed by atoms with Crippen molar-refractivity contribution in [2.75, 3.05) is 39.9 Å². The molecule has 0 bridgehead atoms. The van der Waals surface area contributed by atoms with Crippen LogP contribution in [0.3, 0.4) is 0 Å². The van der Waals surface area contributed by atoms with Gasteiger partial charge in [-0.2, -0.15) is 0 Å². The molecule has 8 aromatic rings. The predicted octanol–water partition coefficient (Wildman–Crippen LogP) is 11.6. The minimum absolute atomic E-state index is 0.378. The minimum atomic E-state index is -0.391. The van der Waals surface area contributed by atoms with Crippen LogP contribution in [0.5, 0.6) is 11.5 Å². The van der Waals surface area contributed by atoms with Gasteiger partial charge in [-0.05, 0) is 122 Å². The quantitative estimate of drug-likeness (QED) is 0.0858. The third-order valence-electron chi connectivity index (χ3n) is 11.3. The molecule has 0 saturated carbocycles. The van der Waals surface area contributed by atoms with Crippen molar-refractivity contribution in [3.8, 4) is 34.0 Å². The Kier molecular flexibility index (Phi) is 14.0. The second-order valence-electron chi connectivity index (χ2n) is 15.5. The van der Waals surface area contributed by atoms with E-state index in [1.165, 1.54) is 25.3 Å². The Morgan fingerprint density at radius 1 is 0.585 bits per heavy atom. The molecule has 0 fully saturated rings. The van der Waals surface area contributed by atoms with Gasteiger partial charge in [0.15, 0.2) is 5.82 Å². The smallest absolute Gasteiger partial charge is 0.337 e. The number of halogens is 1. The first-order valence-corrected chi connectivity index (χ1v) is 22.2. The molecule has 0 amide bonds. The molecule has 9 rings (SSSR count). The van der Waals surface area contributed by atoms with E-state index >= 15 is 0 Å². The number of hydrogen-bond acceptors (Lipinski definition) is 11. The van der Waals surface area contributed by atoms with Gasteiger partial charge in [0, 0.05) is 27.8 Å². The number of rotatable bonds is 12. The van der Waals surface area contributed by atoms with Gasteiger partial charge in [-0.1, -0.05) is 76.6 Å². The zero-order chi connectivity index (χ0) is 45.3. The number of esters is 2. The van der Waals surface area contributed by atoms with E-state index in [0.29, 0.717) is 22.2 Å². The molecule has 1 aliphatic heterocycles. The van der Waals surface area contributed by atoms with Crippen LogP contribution in [0.15, 0.2) is 138 Å². The van der Waals surface area contributed by atoms with E-state index < -0.39 is 5.97 Å². The number of hydrogen-bond donors (Lipinski definition) is 0. The Labute approximate surface area is 386 Å². The van der Waals surface area contributed by atoms with Crippen LogP contribution >= 0.6 is 15.9 Å². The summed E-state index contributed by atoms with van der Waals surface area (Å²) in [4.78, 5) is 46.1. The number of fused-ring (bicyclic) bond motifs is 3. The molecule has 328 valence electrons. The molecule has 0 spiro atoms. The van der Waals surface area contributed by atoms with Crippen molar-refractivity contribution in [3.63, 3.8) is 0 Å². The fourth-order valence-corrected chi connectivity index (χ4v) is 8.45. The predicted molar refractivity (Wildman–Crippen MR) is 258 cm³/mol. The topological polar surface area (TPSA) is 126 Å². The van der Waals surface area contributed by atoms with Gasteiger partial charge >= 0.3 is 11.9 Å². The van der Waals surface area contributed by atoms with Crippen LogP contribution in [0.25, 0.3) is 44.6 Å². The summed E-state index contributed by atoms with van der Waals surface area (Å²) in [7, 11) is 6.12. The SMILES string of the molecule is COC(=O)c1ccc2nc(-c3ccccc3)c(CCCCc3cc(OC)ccc3Br)nc2c1.COC(=O)c1ccc2nc(-c3ccccc3)c(N3CCCc4cc(OC)ccc43)nc2c1. The van der Waals surface area contributed by atoms with Gasteiger partial charge in [-0.25, -0.2) is 29.5 Å². The lowest BCUT2D eigenvalue weighted by atomic mass is 10.0. The highest BCUT2D eigenvalue weighted by molar-refractivity contribution is 9.10. The van der Waals surface area contributed by atoms with E-state index in [0.717, 1.165) is 112 Å². The first-order valence-electron chi connectivity index (χ1n) is 21.4. The molecule has 3 heterocycles. The van der Waals surface area contributed by atoms with Crippen molar-refractivity contribution >= 4 is 61.4 Å². The Morgan fingerprint density at radius 2 is 1.15 bits per heavy atom. The summed E-state index contributed by atoms with van der Waals surface area (Å²) in [6.07, 6.45) is 5.67. The summed E-state index contributed by atoms with van der Waals surface area (Å²) < 4.78 is 21.6. The number of nitrogens with zero attached hydrogens (tertiary/aromatic N) is 5. The van der Waals surface area contributed by atoms with Crippen LogP contribution in [-0.4, -0.2) is 66.9 Å². The zero-order valence-corrected chi connectivity index (χ0v) is 38.3. The molecular formula is C53H48BrN5O6. The van der Waals surface area contributed by atoms with Crippen molar-refractivity contribution in [2.45, 2.75) is 38.5 Å². The molecule has 0 N–H and O–H groups in total. The zero-order valence-electron chi connectivity index (χ0n) is 36.7. The lowest BCUT2D eigenvalue weighted by molar-refractivity contribution is 0.0592. The summed E-state index contributed by atoms with van der Waals surface area (Å²) in [6, 6.07) is 43.0. The second-order valence-corrected chi connectivity index (χ2v) is 16.3. The van der Waals surface area contributed by atoms with E-state index in [4.69, 9.17) is 38.9 Å². The van der Waals surface area contributed by atoms with Gasteiger partial charge in [0.2, 0.25) is 0 Å². The van der Waals surface area contributed by atoms with Crippen LogP contribution in [0.2, 0.25) is 0 Å². The molecule has 0 aliphatic carbocycles. The van der Waals surface area contributed by atoms with Crippen LogP contribution in [0.1, 0.15) is 56.8 Å². The maximum Gasteiger partial charge on any atom is 0.337 e. The number of carbonyl (C=O) groups excluding carboxylic acids is 2. The van der Waals surface area contributed by atoms with Crippen molar-refractivity contribution in [1.82, 2.24) is 19.9 Å². The maximum absolute atomic E-state index is 12.1. The lowest BCUT2D eigenvalue weighted by Gasteiger charge is -2.32. The van der Waals surface area contributed by atoms with Crippen molar-refractivity contribution in [1.29, 1.82) is 0 Å². The summed E-state index contributed by atoms with van der Waals surface area (Å²) in [5.74, 6) is 1.72. The molecule has 1 aliphatic rings. The number of anilines is 2. The number of benzene rings is 6. The van der Waals surface area contributed by atoms with Gasteiger partial charge in [0.1, 0.15) is 17.2 Å². The molecule has 0 saturated heterocycles. The van der Waals surface area contributed by atoms with Gasteiger partial charge in [0.05, 0.1) is 73.0 Å². The molecule has 0 atom stereocenters. The van der Waals surface area contributed by atoms with Gasteiger partial charge in [0.25, 0.3) is 0 Å². The third kappa shape index (κ3) is 10.1. The normalized spacial score (nSPS) is 11.9. The van der Waals surface area contributed by atoms with Crippen LogP contribution in [-0.2, 0) is 28.7 Å². The van der Waals surface area contributed by atoms with Crippen LogP contribution in [0.4, 0.5) is 11.5 Å². The molecule has 65 heavy (non-hydrogen) atoms. The number of unbranched alkanes of at least 4 members (excludes halogenated alkanes) is 1. The van der Waals surface area contributed by atoms with E-state index in [9.17, 15) is 9.59 Å².